The third-order valence-corrected chi connectivity index (χ3v) is 1.95. The molecule has 0 aliphatic rings. The van der Waals surface area contributed by atoms with E-state index in [9.17, 15) is 13.2 Å². The van der Waals surface area contributed by atoms with Gasteiger partial charge in [-0.2, -0.15) is 18.4 Å². The summed E-state index contributed by atoms with van der Waals surface area (Å²) in [6.45, 7) is 0.784. The number of pyridine rings is 1. The molecule has 86 valence electrons. The van der Waals surface area contributed by atoms with E-state index in [0.717, 1.165) is 4.90 Å². The Morgan fingerprint density at radius 2 is 2.12 bits per heavy atom. The van der Waals surface area contributed by atoms with Gasteiger partial charge in [0.15, 0.2) is 0 Å². The summed E-state index contributed by atoms with van der Waals surface area (Å²) in [5.74, 6) is 0.221. The third kappa shape index (κ3) is 3.42. The van der Waals surface area contributed by atoms with E-state index in [1.165, 1.54) is 18.3 Å². The maximum atomic E-state index is 12.2. The van der Waals surface area contributed by atoms with Crippen LogP contribution in [0.25, 0.3) is 0 Å². The normalized spacial score (nSPS) is 10.9. The van der Waals surface area contributed by atoms with E-state index in [-0.39, 0.29) is 12.4 Å². The lowest BCUT2D eigenvalue weighted by Crippen LogP contribution is -2.34. The first-order chi connectivity index (χ1) is 7.46. The second kappa shape index (κ2) is 4.84. The van der Waals surface area contributed by atoms with E-state index in [1.54, 1.807) is 6.92 Å². The zero-order chi connectivity index (χ0) is 12.2. The molecule has 0 atom stereocenters. The Bertz CT molecular complexity index is 378. The molecule has 0 fully saturated rings. The first kappa shape index (κ1) is 12.3. The van der Waals surface area contributed by atoms with Crippen LogP contribution < -0.4 is 4.90 Å². The highest BCUT2D eigenvalue weighted by atomic mass is 19.4. The van der Waals surface area contributed by atoms with E-state index in [0.29, 0.717) is 5.56 Å². The molecule has 3 nitrogen and oxygen atoms in total. The number of hydrogen-bond donors (Lipinski definition) is 0. The third-order valence-electron chi connectivity index (χ3n) is 1.95. The highest BCUT2D eigenvalue weighted by Gasteiger charge is 2.30. The Labute approximate surface area is 91.1 Å². The van der Waals surface area contributed by atoms with Crippen molar-refractivity contribution in [1.29, 1.82) is 5.26 Å². The molecule has 0 spiro atoms. The molecule has 1 heterocycles. The van der Waals surface area contributed by atoms with E-state index >= 15 is 0 Å². The number of nitrogens with zero attached hydrogens (tertiary/aromatic N) is 3. The van der Waals surface area contributed by atoms with Gasteiger partial charge in [0.1, 0.15) is 18.4 Å². The van der Waals surface area contributed by atoms with Crippen molar-refractivity contribution < 1.29 is 13.2 Å². The molecule has 16 heavy (non-hydrogen) atoms. The van der Waals surface area contributed by atoms with Gasteiger partial charge < -0.3 is 4.90 Å². The molecule has 6 heteroatoms. The van der Waals surface area contributed by atoms with Crippen molar-refractivity contribution in [3.63, 3.8) is 0 Å². The number of anilines is 1. The number of alkyl halides is 3. The average molecular weight is 229 g/mol. The van der Waals surface area contributed by atoms with Crippen molar-refractivity contribution >= 4 is 5.82 Å². The number of nitriles is 1. The average Bonchev–Trinajstić information content (AvgIpc) is 2.25. The van der Waals surface area contributed by atoms with Crippen molar-refractivity contribution in [1.82, 2.24) is 4.98 Å². The molecule has 0 aromatic carbocycles. The lowest BCUT2D eigenvalue weighted by Gasteiger charge is -2.23. The molecule has 1 aromatic rings. The Balaban J connectivity index is 2.84. The van der Waals surface area contributed by atoms with Crippen molar-refractivity contribution in [2.75, 3.05) is 18.0 Å². The van der Waals surface area contributed by atoms with E-state index in [1.807, 2.05) is 6.07 Å². The molecule has 1 aromatic heterocycles. The quantitative estimate of drug-likeness (QED) is 0.798. The molecule has 0 radical (unpaired) electrons. The Hall–Kier alpha value is -1.77. The molecule has 0 unspecified atom stereocenters. The minimum atomic E-state index is -4.26. The lowest BCUT2D eigenvalue weighted by atomic mass is 10.3. The minimum Gasteiger partial charge on any atom is -0.348 e. The largest absolute Gasteiger partial charge is 0.405 e. The van der Waals surface area contributed by atoms with Gasteiger partial charge in [0, 0.05) is 12.7 Å². The number of halogens is 3. The predicted octanol–water partition coefficient (Wildman–Crippen LogP) is 2.34. The lowest BCUT2D eigenvalue weighted by molar-refractivity contribution is -0.119. The molecule has 1 rings (SSSR count). The molecule has 0 amide bonds. The molecule has 0 N–H and O–H groups in total. The van der Waals surface area contributed by atoms with E-state index in [2.05, 4.69) is 4.98 Å². The highest BCUT2D eigenvalue weighted by molar-refractivity contribution is 5.41. The molecule has 0 aliphatic heterocycles. The van der Waals surface area contributed by atoms with Crippen LogP contribution in [0.3, 0.4) is 0 Å². The molecule has 0 aliphatic carbocycles. The van der Waals surface area contributed by atoms with Crippen LogP contribution in [0.2, 0.25) is 0 Å². The van der Waals surface area contributed by atoms with Crippen molar-refractivity contribution in [2.45, 2.75) is 13.1 Å². The smallest absolute Gasteiger partial charge is 0.348 e. The minimum absolute atomic E-state index is 0.207. The topological polar surface area (TPSA) is 39.9 Å². The fourth-order valence-corrected chi connectivity index (χ4v) is 1.21. The standard InChI is InChI=1S/C10H10F3N3/c1-2-16(7-10(11,12)13)9-4-3-8(5-14)6-15-9/h3-4,6H,2,7H2,1H3. The van der Waals surface area contributed by atoms with Crippen LogP contribution in [0.15, 0.2) is 18.3 Å². The summed E-state index contributed by atoms with van der Waals surface area (Å²) in [6, 6.07) is 4.71. The SMILES string of the molecule is CCN(CC(F)(F)F)c1ccc(C#N)cn1. The summed E-state index contributed by atoms with van der Waals surface area (Å²) in [5, 5.41) is 8.53. The van der Waals surface area contributed by atoms with Crippen LogP contribution in [0.1, 0.15) is 12.5 Å². The summed E-state index contributed by atoms with van der Waals surface area (Å²) in [7, 11) is 0. The Kier molecular flexibility index (Phi) is 3.72. The van der Waals surface area contributed by atoms with Crippen LogP contribution in [0.4, 0.5) is 19.0 Å². The Morgan fingerprint density at radius 3 is 2.50 bits per heavy atom. The number of rotatable bonds is 3. The summed E-state index contributed by atoms with van der Waals surface area (Å²) in [5.41, 5.74) is 0.326. The zero-order valence-electron chi connectivity index (χ0n) is 8.62. The monoisotopic (exact) mass is 229 g/mol. The zero-order valence-corrected chi connectivity index (χ0v) is 8.62. The van der Waals surface area contributed by atoms with Crippen LogP contribution >= 0.6 is 0 Å². The molecule has 0 bridgehead atoms. The van der Waals surface area contributed by atoms with Gasteiger partial charge >= 0.3 is 6.18 Å². The van der Waals surface area contributed by atoms with Crippen LogP contribution in [0, 0.1) is 11.3 Å². The van der Waals surface area contributed by atoms with E-state index < -0.39 is 12.7 Å². The molecular formula is C10H10F3N3. The van der Waals surface area contributed by atoms with Crippen molar-refractivity contribution in [3.05, 3.63) is 23.9 Å². The molecule has 0 saturated carbocycles. The maximum Gasteiger partial charge on any atom is 0.405 e. The van der Waals surface area contributed by atoms with Gasteiger partial charge in [-0.3, -0.25) is 0 Å². The second-order valence-corrected chi connectivity index (χ2v) is 3.15. The summed E-state index contributed by atoms with van der Waals surface area (Å²) < 4.78 is 36.6. The predicted molar refractivity (Wildman–Crippen MR) is 52.9 cm³/mol. The summed E-state index contributed by atoms with van der Waals surface area (Å²) in [6.07, 6.45) is -3.00. The van der Waals surface area contributed by atoms with Crippen LogP contribution in [-0.4, -0.2) is 24.2 Å². The van der Waals surface area contributed by atoms with Gasteiger partial charge in [-0.1, -0.05) is 0 Å². The maximum absolute atomic E-state index is 12.2. The fraction of sp³-hybridized carbons (Fsp3) is 0.400. The van der Waals surface area contributed by atoms with Gasteiger partial charge in [0.25, 0.3) is 0 Å². The van der Waals surface area contributed by atoms with Crippen molar-refractivity contribution in [2.24, 2.45) is 0 Å². The second-order valence-electron chi connectivity index (χ2n) is 3.15. The van der Waals surface area contributed by atoms with Crippen LogP contribution in [-0.2, 0) is 0 Å². The van der Waals surface area contributed by atoms with Gasteiger partial charge in [-0.15, -0.1) is 0 Å². The number of aromatic nitrogens is 1. The van der Waals surface area contributed by atoms with Crippen LogP contribution in [0.5, 0.6) is 0 Å². The first-order valence-electron chi connectivity index (χ1n) is 4.64. The van der Waals surface area contributed by atoms with Crippen molar-refractivity contribution in [3.8, 4) is 6.07 Å². The van der Waals surface area contributed by atoms with Gasteiger partial charge in [0.05, 0.1) is 5.56 Å². The molecule has 0 saturated heterocycles. The molecular weight excluding hydrogens is 219 g/mol. The Morgan fingerprint density at radius 1 is 1.44 bits per heavy atom. The first-order valence-corrected chi connectivity index (χ1v) is 4.64. The summed E-state index contributed by atoms with van der Waals surface area (Å²) >= 11 is 0. The number of hydrogen-bond acceptors (Lipinski definition) is 3. The van der Waals surface area contributed by atoms with Gasteiger partial charge in [-0.05, 0) is 19.1 Å². The highest BCUT2D eigenvalue weighted by Crippen LogP contribution is 2.20. The fourth-order valence-electron chi connectivity index (χ4n) is 1.21. The van der Waals surface area contributed by atoms with Gasteiger partial charge in [-0.25, -0.2) is 4.98 Å². The summed E-state index contributed by atoms with van der Waals surface area (Å²) in [4.78, 5) is 4.91. The van der Waals surface area contributed by atoms with E-state index in [4.69, 9.17) is 5.26 Å². The van der Waals surface area contributed by atoms with Gasteiger partial charge in [0.2, 0.25) is 0 Å².